The van der Waals surface area contributed by atoms with E-state index in [0.29, 0.717) is 35.3 Å². The Kier molecular flexibility index (Phi) is 7.52. The van der Waals surface area contributed by atoms with E-state index in [4.69, 9.17) is 0 Å². The maximum absolute atomic E-state index is 15.1. The first kappa shape index (κ1) is 25.5. The highest BCUT2D eigenvalue weighted by atomic mass is 19.1. The van der Waals surface area contributed by atoms with Crippen molar-refractivity contribution >= 4 is 17.5 Å². The van der Waals surface area contributed by atoms with E-state index in [1.54, 1.807) is 24.5 Å². The molecule has 1 aliphatic rings. The number of carbonyl (C=O) groups is 1. The van der Waals surface area contributed by atoms with E-state index < -0.39 is 11.8 Å². The molecular formula is C28H32F2N4O2. The Bertz CT molecular complexity index is 1240. The zero-order chi connectivity index (χ0) is 25.9. The molecule has 0 aliphatic carbocycles. The van der Waals surface area contributed by atoms with Gasteiger partial charge in [-0.1, -0.05) is 26.0 Å². The van der Waals surface area contributed by atoms with Gasteiger partial charge in [-0.3, -0.25) is 9.78 Å². The highest BCUT2D eigenvalue weighted by Gasteiger charge is 2.29. The Balaban J connectivity index is 1.61. The summed E-state index contributed by atoms with van der Waals surface area (Å²) in [5, 5.41) is 12.6. The third-order valence-electron chi connectivity index (χ3n) is 6.90. The molecule has 0 saturated carbocycles. The number of hydrogen-bond acceptors (Lipinski definition) is 5. The fourth-order valence-electron chi connectivity index (χ4n) is 4.60. The monoisotopic (exact) mass is 494 g/mol. The Morgan fingerprint density at radius 3 is 2.44 bits per heavy atom. The van der Waals surface area contributed by atoms with Crippen LogP contribution in [0, 0.1) is 24.0 Å². The van der Waals surface area contributed by atoms with Gasteiger partial charge in [-0.15, -0.1) is 0 Å². The van der Waals surface area contributed by atoms with Gasteiger partial charge in [0, 0.05) is 54.4 Å². The Morgan fingerprint density at radius 1 is 1.11 bits per heavy atom. The lowest BCUT2D eigenvalue weighted by Gasteiger charge is -2.40. The lowest BCUT2D eigenvalue weighted by molar-refractivity contribution is -0.136. The third kappa shape index (κ3) is 5.98. The molecule has 3 heterocycles. The van der Waals surface area contributed by atoms with Gasteiger partial charge >= 0.3 is 5.97 Å². The molecule has 1 fully saturated rings. The molecule has 1 saturated heterocycles. The zero-order valence-corrected chi connectivity index (χ0v) is 20.9. The van der Waals surface area contributed by atoms with Crippen LogP contribution in [0.15, 0.2) is 42.7 Å². The number of nitrogens with one attached hydrogen (secondary N) is 1. The lowest BCUT2D eigenvalue weighted by atomic mass is 9.82. The molecule has 36 heavy (non-hydrogen) atoms. The number of carboxylic acids is 1. The first-order valence-corrected chi connectivity index (χ1v) is 12.2. The average molecular weight is 495 g/mol. The minimum absolute atomic E-state index is 0.132. The minimum Gasteiger partial charge on any atom is -0.481 e. The number of piperidine rings is 1. The smallest absolute Gasteiger partial charge is 0.307 e. The molecular weight excluding hydrogens is 462 g/mol. The summed E-state index contributed by atoms with van der Waals surface area (Å²) < 4.78 is 28.2. The van der Waals surface area contributed by atoms with E-state index in [2.05, 4.69) is 34.0 Å². The van der Waals surface area contributed by atoms with Crippen molar-refractivity contribution < 1.29 is 18.7 Å². The minimum atomic E-state index is -0.930. The van der Waals surface area contributed by atoms with Gasteiger partial charge in [0.15, 0.2) is 11.6 Å². The summed E-state index contributed by atoms with van der Waals surface area (Å²) >= 11 is 0. The van der Waals surface area contributed by atoms with Crippen LogP contribution in [-0.2, 0) is 17.6 Å². The van der Waals surface area contributed by atoms with Crippen molar-refractivity contribution in [1.29, 1.82) is 0 Å². The molecule has 4 rings (SSSR count). The molecule has 0 amide bonds. The summed E-state index contributed by atoms with van der Waals surface area (Å²) in [5.41, 5.74) is 4.51. The van der Waals surface area contributed by atoms with Gasteiger partial charge in [0.2, 0.25) is 0 Å². The van der Waals surface area contributed by atoms with Crippen LogP contribution in [0.2, 0.25) is 0 Å². The Morgan fingerprint density at radius 2 is 1.81 bits per heavy atom. The number of aliphatic carboxylic acids is 1. The van der Waals surface area contributed by atoms with Crippen molar-refractivity contribution in [3.8, 4) is 11.1 Å². The number of nitrogens with zero attached hydrogens (tertiary/aromatic N) is 3. The summed E-state index contributed by atoms with van der Waals surface area (Å²) in [7, 11) is 0. The lowest BCUT2D eigenvalue weighted by Crippen LogP contribution is -2.38. The molecule has 190 valence electrons. The number of rotatable bonds is 8. The molecule has 1 aliphatic heterocycles. The quantitative estimate of drug-likeness (QED) is 0.422. The maximum Gasteiger partial charge on any atom is 0.307 e. The van der Waals surface area contributed by atoms with Gasteiger partial charge in [0.1, 0.15) is 5.82 Å². The Labute approximate surface area is 210 Å². The van der Waals surface area contributed by atoms with E-state index in [1.807, 2.05) is 6.92 Å². The van der Waals surface area contributed by atoms with E-state index in [1.165, 1.54) is 18.2 Å². The second kappa shape index (κ2) is 10.6. The topological polar surface area (TPSA) is 78.4 Å². The van der Waals surface area contributed by atoms with Crippen LogP contribution in [0.3, 0.4) is 0 Å². The summed E-state index contributed by atoms with van der Waals surface area (Å²) in [6.07, 6.45) is 5.68. The van der Waals surface area contributed by atoms with E-state index in [0.717, 1.165) is 37.2 Å². The number of hydrogen-bond donors (Lipinski definition) is 2. The number of benzene rings is 1. The largest absolute Gasteiger partial charge is 0.481 e. The molecule has 0 atom stereocenters. The highest BCUT2D eigenvalue weighted by Crippen LogP contribution is 2.40. The normalized spacial score (nSPS) is 15.1. The molecule has 0 unspecified atom stereocenters. The van der Waals surface area contributed by atoms with Crippen LogP contribution in [-0.4, -0.2) is 40.7 Å². The molecule has 3 aromatic rings. The van der Waals surface area contributed by atoms with Crippen LogP contribution in [0.5, 0.6) is 0 Å². The standard InChI is InChI=1S/C28H32F2N4O2/c1-18-22(15-25(35)36)26(34-12-9-28(2,3)10-13-34)23(17-32-18)20-14-24(30)27(33-16-20)31-11-8-19-4-6-21(29)7-5-19/h4-7,14,16-17H,8-13,15H2,1-3H3,(H,31,33)(H,35,36). The fraction of sp³-hybridized carbons (Fsp3) is 0.393. The van der Waals surface area contributed by atoms with Gasteiger partial charge in [-0.2, -0.15) is 0 Å². The molecule has 0 bridgehead atoms. The molecule has 6 nitrogen and oxygen atoms in total. The number of pyridine rings is 2. The van der Waals surface area contributed by atoms with E-state index in [-0.39, 0.29) is 23.5 Å². The molecule has 1 aromatic carbocycles. The second-order valence-electron chi connectivity index (χ2n) is 10.2. The van der Waals surface area contributed by atoms with Crippen LogP contribution in [0.25, 0.3) is 11.1 Å². The summed E-state index contributed by atoms with van der Waals surface area (Å²) in [4.78, 5) is 22.7. The number of aryl methyl sites for hydroxylation is 1. The summed E-state index contributed by atoms with van der Waals surface area (Å²) in [6.45, 7) is 8.31. The van der Waals surface area contributed by atoms with Crippen LogP contribution >= 0.6 is 0 Å². The summed E-state index contributed by atoms with van der Waals surface area (Å²) in [5.74, 6) is -1.59. The molecule has 2 aromatic heterocycles. The van der Waals surface area contributed by atoms with Crippen molar-refractivity contribution in [3.05, 3.63) is 71.2 Å². The average Bonchev–Trinajstić information content (AvgIpc) is 2.82. The number of anilines is 2. The van der Waals surface area contributed by atoms with Crippen molar-refractivity contribution in [2.24, 2.45) is 5.41 Å². The van der Waals surface area contributed by atoms with Crippen molar-refractivity contribution in [2.45, 2.75) is 46.5 Å². The van der Waals surface area contributed by atoms with Gasteiger partial charge in [0.05, 0.1) is 12.1 Å². The predicted octanol–water partition coefficient (Wildman–Crippen LogP) is 5.64. The van der Waals surface area contributed by atoms with Crippen molar-refractivity contribution in [2.75, 3.05) is 29.9 Å². The molecule has 0 spiro atoms. The predicted molar refractivity (Wildman–Crippen MR) is 137 cm³/mol. The first-order valence-electron chi connectivity index (χ1n) is 12.2. The zero-order valence-electron chi connectivity index (χ0n) is 20.9. The first-order chi connectivity index (χ1) is 17.1. The van der Waals surface area contributed by atoms with Gasteiger partial charge < -0.3 is 15.3 Å². The van der Waals surface area contributed by atoms with Crippen LogP contribution in [0.4, 0.5) is 20.3 Å². The number of carboxylic acid groups (broad SMARTS) is 1. The van der Waals surface area contributed by atoms with Crippen LogP contribution < -0.4 is 10.2 Å². The third-order valence-corrected chi connectivity index (χ3v) is 6.90. The fourth-order valence-corrected chi connectivity index (χ4v) is 4.60. The Hall–Kier alpha value is -3.55. The summed E-state index contributed by atoms with van der Waals surface area (Å²) in [6, 6.07) is 7.62. The van der Waals surface area contributed by atoms with Crippen molar-refractivity contribution in [1.82, 2.24) is 9.97 Å². The van der Waals surface area contributed by atoms with Gasteiger partial charge in [-0.05, 0) is 55.4 Å². The maximum atomic E-state index is 15.1. The SMILES string of the molecule is Cc1ncc(-c2cnc(NCCc3ccc(F)cc3)c(F)c2)c(N2CCC(C)(C)CC2)c1CC(=O)O. The molecule has 8 heteroatoms. The number of aromatic nitrogens is 2. The number of halogens is 2. The molecule has 0 radical (unpaired) electrons. The van der Waals surface area contributed by atoms with E-state index >= 15 is 4.39 Å². The van der Waals surface area contributed by atoms with Crippen molar-refractivity contribution in [3.63, 3.8) is 0 Å². The van der Waals surface area contributed by atoms with Gasteiger partial charge in [-0.25, -0.2) is 13.8 Å². The highest BCUT2D eigenvalue weighted by molar-refractivity contribution is 5.84. The van der Waals surface area contributed by atoms with Gasteiger partial charge in [0.25, 0.3) is 0 Å². The van der Waals surface area contributed by atoms with E-state index in [9.17, 15) is 14.3 Å². The van der Waals surface area contributed by atoms with Crippen LogP contribution in [0.1, 0.15) is 43.5 Å². The second-order valence-corrected chi connectivity index (χ2v) is 10.2. The molecule has 2 N–H and O–H groups in total.